The molecule has 0 bridgehead atoms. The van der Waals surface area contributed by atoms with E-state index in [0.29, 0.717) is 5.03 Å². The van der Waals surface area contributed by atoms with Gasteiger partial charge >= 0.3 is 0 Å². The fourth-order valence-corrected chi connectivity index (χ4v) is 7.66. The fraction of sp³-hybridized carbons (Fsp3) is 0.382. The van der Waals surface area contributed by atoms with Crippen molar-refractivity contribution in [3.05, 3.63) is 106 Å². The van der Waals surface area contributed by atoms with Crippen molar-refractivity contribution >= 4 is 49.5 Å². The molecule has 0 spiro atoms. The van der Waals surface area contributed by atoms with Crippen molar-refractivity contribution in [2.45, 2.75) is 57.8 Å². The maximum absolute atomic E-state index is 11.1. The number of para-hydroxylation sites is 2. The molecule has 47 heavy (non-hydrogen) atoms. The zero-order valence-electron chi connectivity index (χ0n) is 26.7. The Morgan fingerprint density at radius 3 is 2.19 bits per heavy atom. The maximum Gasteiger partial charge on any atom is 0.217 e. The van der Waals surface area contributed by atoms with Gasteiger partial charge in [-0.2, -0.15) is 4.58 Å². The molecule has 0 fully saturated rings. The molecule has 0 saturated carbocycles. The minimum Gasteiger partial charge on any atom is -0.726 e. The molecule has 2 aliphatic heterocycles. The van der Waals surface area contributed by atoms with Crippen LogP contribution in [0.15, 0.2) is 94.7 Å². The van der Waals surface area contributed by atoms with Crippen LogP contribution < -0.4 is 4.90 Å². The van der Waals surface area contributed by atoms with Gasteiger partial charge in [0.1, 0.15) is 6.61 Å². The number of nitrogens with zero attached hydrogens (tertiary/aromatic N) is 2. The summed E-state index contributed by atoms with van der Waals surface area (Å²) < 4.78 is 77.7. The third kappa shape index (κ3) is 7.64. The van der Waals surface area contributed by atoms with Crippen LogP contribution >= 0.6 is 11.6 Å². The average Bonchev–Trinajstić information content (AvgIpc) is 3.33. The van der Waals surface area contributed by atoms with Crippen molar-refractivity contribution in [1.29, 1.82) is 0 Å². The molecule has 0 radical (unpaired) electrons. The normalized spacial score (nSPS) is 21.0. The number of halogens is 1. The highest BCUT2D eigenvalue weighted by atomic mass is 35.5. The molecular formula is C34H38ClN2O8S2-. The average molecular weight is 702 g/mol. The molecule has 0 unspecified atom stereocenters. The van der Waals surface area contributed by atoms with Gasteiger partial charge in [0.15, 0.2) is 12.3 Å². The third-order valence-electron chi connectivity index (χ3n) is 9.02. The first-order chi connectivity index (χ1) is 22.0. The highest BCUT2D eigenvalue weighted by molar-refractivity contribution is 7.81. The van der Waals surface area contributed by atoms with E-state index in [1.54, 1.807) is 0 Å². The van der Waals surface area contributed by atoms with Crippen molar-refractivity contribution in [3.63, 3.8) is 0 Å². The second-order valence-electron chi connectivity index (χ2n) is 12.7. The largest absolute Gasteiger partial charge is 0.726 e. The minimum atomic E-state index is -4.82. The zero-order chi connectivity index (χ0) is 34.2. The van der Waals surface area contributed by atoms with Gasteiger partial charge in [-0.25, -0.2) is 16.8 Å². The van der Waals surface area contributed by atoms with E-state index in [2.05, 4.69) is 36.1 Å². The summed E-state index contributed by atoms with van der Waals surface area (Å²) in [5, 5.41) is 0.645. The van der Waals surface area contributed by atoms with Gasteiger partial charge in [-0.05, 0) is 62.0 Å². The lowest BCUT2D eigenvalue weighted by Crippen LogP contribution is -2.29. The number of hydrogen-bond acceptors (Lipinski definition) is 9. The number of benzene rings is 2. The van der Waals surface area contributed by atoms with Crippen LogP contribution in [0, 0.1) is 0 Å². The molecule has 2 heterocycles. The smallest absolute Gasteiger partial charge is 0.217 e. The Morgan fingerprint density at radius 2 is 1.49 bits per heavy atom. The summed E-state index contributed by atoms with van der Waals surface area (Å²) in [4.78, 5) is 1.98. The van der Waals surface area contributed by atoms with Gasteiger partial charge in [0.05, 0.1) is 12.0 Å². The zero-order valence-corrected chi connectivity index (χ0v) is 29.1. The number of anilines is 1. The second kappa shape index (κ2) is 13.4. The molecule has 0 N–H and O–H groups in total. The number of rotatable bonds is 11. The number of fused-ring (bicyclic) bond motifs is 2. The van der Waals surface area contributed by atoms with Crippen LogP contribution in [-0.4, -0.2) is 62.5 Å². The minimum absolute atomic E-state index is 0.174. The van der Waals surface area contributed by atoms with Crippen LogP contribution in [0.5, 0.6) is 0 Å². The molecule has 0 amide bonds. The highest BCUT2D eigenvalue weighted by Crippen LogP contribution is 2.48. The van der Waals surface area contributed by atoms with Gasteiger partial charge in [-0.1, -0.05) is 74.0 Å². The molecule has 252 valence electrons. The molecule has 0 atom stereocenters. The summed E-state index contributed by atoms with van der Waals surface area (Å²) in [5.41, 5.74) is 6.93. The van der Waals surface area contributed by atoms with E-state index in [-0.39, 0.29) is 26.3 Å². The van der Waals surface area contributed by atoms with Crippen molar-refractivity contribution in [2.75, 3.05) is 31.2 Å². The Bertz CT molecular complexity index is 1940. The van der Waals surface area contributed by atoms with Crippen LogP contribution in [-0.2, 0) is 40.0 Å². The topological polar surface area (TPSA) is 139 Å². The first-order valence-electron chi connectivity index (χ1n) is 15.3. The van der Waals surface area contributed by atoms with Crippen LogP contribution in [0.2, 0.25) is 0 Å². The Hall–Kier alpha value is -3.10. The quantitative estimate of drug-likeness (QED) is 0.160. The molecule has 0 saturated heterocycles. The Balaban J connectivity index is 1.47. The van der Waals surface area contributed by atoms with E-state index in [4.69, 9.17) is 11.6 Å². The molecule has 3 aliphatic rings. The van der Waals surface area contributed by atoms with Crippen molar-refractivity contribution in [1.82, 2.24) is 0 Å². The summed E-state index contributed by atoms with van der Waals surface area (Å²) >= 11 is 7.03. The first kappa shape index (κ1) is 35.2. The molecule has 0 aromatic heterocycles. The molecule has 13 heteroatoms. The van der Waals surface area contributed by atoms with Gasteiger partial charge in [-0.15, -0.1) is 0 Å². The Morgan fingerprint density at radius 1 is 0.851 bits per heavy atom. The van der Waals surface area contributed by atoms with E-state index in [1.165, 1.54) is 0 Å². The van der Waals surface area contributed by atoms with Crippen LogP contribution in [0.25, 0.3) is 0 Å². The molecule has 2 aromatic carbocycles. The van der Waals surface area contributed by atoms with E-state index >= 15 is 0 Å². The van der Waals surface area contributed by atoms with Crippen LogP contribution in [0.1, 0.15) is 58.1 Å². The molecular weight excluding hydrogens is 664 g/mol. The number of allylic oxidation sites excluding steroid dienone is 8. The van der Waals surface area contributed by atoms with Gasteiger partial charge in [0.25, 0.3) is 0 Å². The molecule has 5 rings (SSSR count). The third-order valence-corrected chi connectivity index (χ3v) is 10.4. The van der Waals surface area contributed by atoms with Gasteiger partial charge in [0.2, 0.25) is 26.5 Å². The Kier molecular flexibility index (Phi) is 10.1. The summed E-state index contributed by atoms with van der Waals surface area (Å²) in [6.07, 6.45) is 10.4. The lowest BCUT2D eigenvalue weighted by Gasteiger charge is -2.27. The van der Waals surface area contributed by atoms with Crippen molar-refractivity contribution in [3.8, 4) is 0 Å². The molecule has 2 aromatic rings. The van der Waals surface area contributed by atoms with Crippen molar-refractivity contribution in [2.24, 2.45) is 0 Å². The molecule has 10 nitrogen and oxygen atoms in total. The summed E-state index contributed by atoms with van der Waals surface area (Å²) in [5.74, 6) is 0. The predicted octanol–water partition coefficient (Wildman–Crippen LogP) is 5.86. The van der Waals surface area contributed by atoms with Crippen molar-refractivity contribution < 1.29 is 38.9 Å². The summed E-state index contributed by atoms with van der Waals surface area (Å²) in [6, 6.07) is 15.7. The number of hydrogen-bond donors (Lipinski definition) is 0. The monoisotopic (exact) mass is 701 g/mol. The van der Waals surface area contributed by atoms with E-state index in [9.17, 15) is 25.9 Å². The first-order valence-corrected chi connectivity index (χ1v) is 18.4. The molecule has 1 aliphatic carbocycles. The van der Waals surface area contributed by atoms with Gasteiger partial charge in [-0.3, -0.25) is 8.37 Å². The lowest BCUT2D eigenvalue weighted by atomic mass is 9.81. The second-order valence-corrected chi connectivity index (χ2v) is 15.2. The van der Waals surface area contributed by atoms with Gasteiger partial charge < -0.3 is 14.0 Å². The van der Waals surface area contributed by atoms with E-state index in [1.807, 2.05) is 82.3 Å². The highest BCUT2D eigenvalue weighted by Gasteiger charge is 2.44. The predicted molar refractivity (Wildman–Crippen MR) is 179 cm³/mol. The van der Waals surface area contributed by atoms with E-state index in [0.717, 1.165) is 64.3 Å². The van der Waals surface area contributed by atoms with Crippen LogP contribution in [0.4, 0.5) is 11.4 Å². The standard InChI is InChI=1S/C34H39ClN2O8S2/c1-33(2)26-12-5-7-14-28(26)36(20-22-44-46(38,39)40)30(33)18-16-24-10-9-11-25(32(24)35)17-19-31-34(3,4)27-13-6-8-15-29(27)37(31)21-23-45-47(41,42)43/h5-8,12-19H,9-11,20-23H2,1-4H3,(H-,38,39,40,41,42,43)/p-1. The van der Waals surface area contributed by atoms with Gasteiger partial charge in [0, 0.05) is 46.1 Å². The SMILES string of the molecule is CC1(C)C(/C=C/C2=C(Cl)C(=C/C=C3/N(CCOS(=O)(=O)[O-])c4ccccc4C3(C)C)/CCC2)=[N+](CCOS(=O)(=O)[O-])c2ccccc21. The van der Waals surface area contributed by atoms with Crippen LogP contribution in [0.3, 0.4) is 0 Å². The summed E-state index contributed by atoms with van der Waals surface area (Å²) in [7, 11) is -9.63. The lowest BCUT2D eigenvalue weighted by molar-refractivity contribution is -0.440. The van der Waals surface area contributed by atoms with E-state index < -0.39 is 31.6 Å². The maximum atomic E-state index is 11.1. The Labute approximate surface area is 282 Å². The summed E-state index contributed by atoms with van der Waals surface area (Å²) in [6.45, 7) is 8.15. The fourth-order valence-electron chi connectivity index (χ4n) is 6.79.